The van der Waals surface area contributed by atoms with Gasteiger partial charge in [0.15, 0.2) is 0 Å². The number of hydrogen-bond donors (Lipinski definition) is 2. The molecule has 0 atom stereocenters. The molecule has 16 heavy (non-hydrogen) atoms. The number of amides is 1. The van der Waals surface area contributed by atoms with Crippen molar-refractivity contribution in [3.05, 3.63) is 29.3 Å². The minimum absolute atomic E-state index is 0.0202. The molecule has 0 spiro atoms. The first kappa shape index (κ1) is 11.3. The number of rotatable bonds is 5. The van der Waals surface area contributed by atoms with Crippen LogP contribution in [0.4, 0.5) is 5.69 Å². The van der Waals surface area contributed by atoms with Crippen molar-refractivity contribution < 1.29 is 4.79 Å². The molecule has 0 aliphatic heterocycles. The smallest absolute Gasteiger partial charge is 0.239 e. The summed E-state index contributed by atoms with van der Waals surface area (Å²) in [7, 11) is 0. The van der Waals surface area contributed by atoms with E-state index in [1.54, 1.807) is 6.07 Å². The number of nitrogens with one attached hydrogen (secondary N) is 2. The molecule has 1 aromatic rings. The molecule has 2 N–H and O–H groups in total. The van der Waals surface area contributed by atoms with Gasteiger partial charge < -0.3 is 10.6 Å². The molecule has 0 unspecified atom stereocenters. The Bertz CT molecular complexity index is 377. The molecular weight excluding hydrogens is 224 g/mol. The second-order valence-corrected chi connectivity index (χ2v) is 4.49. The standard InChI is InChI=1S/C12H15ClN2O/c13-10-3-1-2-4-11(10)14-8-12(16)15-7-9-5-6-9/h1-4,9,14H,5-8H2,(H,15,16). The molecule has 1 fully saturated rings. The Balaban J connectivity index is 1.73. The highest BCUT2D eigenvalue weighted by Crippen LogP contribution is 2.27. The molecule has 1 aliphatic rings. The Morgan fingerprint density at radius 1 is 1.38 bits per heavy atom. The maximum absolute atomic E-state index is 11.4. The van der Waals surface area contributed by atoms with E-state index in [1.807, 2.05) is 18.2 Å². The summed E-state index contributed by atoms with van der Waals surface area (Å²) in [6.45, 7) is 1.08. The number of para-hydroxylation sites is 1. The Morgan fingerprint density at radius 2 is 2.12 bits per heavy atom. The monoisotopic (exact) mass is 238 g/mol. The van der Waals surface area contributed by atoms with Crippen molar-refractivity contribution in [2.75, 3.05) is 18.4 Å². The highest BCUT2D eigenvalue weighted by atomic mass is 35.5. The summed E-state index contributed by atoms with van der Waals surface area (Å²) in [4.78, 5) is 11.4. The molecule has 0 heterocycles. The first-order valence-corrected chi connectivity index (χ1v) is 5.88. The highest BCUT2D eigenvalue weighted by molar-refractivity contribution is 6.33. The minimum Gasteiger partial charge on any atom is -0.375 e. The first-order chi connectivity index (χ1) is 7.75. The predicted molar refractivity (Wildman–Crippen MR) is 65.7 cm³/mol. The van der Waals surface area contributed by atoms with Crippen LogP contribution < -0.4 is 10.6 Å². The number of halogens is 1. The molecule has 2 rings (SSSR count). The van der Waals surface area contributed by atoms with Crippen molar-refractivity contribution in [1.29, 1.82) is 0 Å². The molecule has 3 nitrogen and oxygen atoms in total. The van der Waals surface area contributed by atoms with Crippen molar-refractivity contribution in [1.82, 2.24) is 5.32 Å². The summed E-state index contributed by atoms with van der Waals surface area (Å²) >= 11 is 5.95. The van der Waals surface area contributed by atoms with E-state index in [0.29, 0.717) is 10.9 Å². The summed E-state index contributed by atoms with van der Waals surface area (Å²) in [5, 5.41) is 6.54. The van der Waals surface area contributed by atoms with Crippen LogP contribution in [0.15, 0.2) is 24.3 Å². The van der Waals surface area contributed by atoms with Crippen molar-refractivity contribution in [3.63, 3.8) is 0 Å². The molecule has 1 saturated carbocycles. The number of carbonyl (C=O) groups is 1. The average Bonchev–Trinajstić information content (AvgIpc) is 3.09. The van der Waals surface area contributed by atoms with Gasteiger partial charge in [-0.1, -0.05) is 23.7 Å². The maximum Gasteiger partial charge on any atom is 0.239 e. The summed E-state index contributed by atoms with van der Waals surface area (Å²) in [6.07, 6.45) is 2.50. The fourth-order valence-corrected chi connectivity index (χ4v) is 1.63. The van der Waals surface area contributed by atoms with Crippen LogP contribution in [0, 0.1) is 5.92 Å². The number of benzene rings is 1. The van der Waals surface area contributed by atoms with Gasteiger partial charge in [0.1, 0.15) is 0 Å². The van der Waals surface area contributed by atoms with Crippen LogP contribution in [0.3, 0.4) is 0 Å². The van der Waals surface area contributed by atoms with Gasteiger partial charge in [0.05, 0.1) is 17.3 Å². The van der Waals surface area contributed by atoms with E-state index in [0.717, 1.165) is 12.2 Å². The summed E-state index contributed by atoms with van der Waals surface area (Å²) < 4.78 is 0. The van der Waals surface area contributed by atoms with Gasteiger partial charge in [0, 0.05) is 6.54 Å². The SMILES string of the molecule is O=C(CNc1ccccc1Cl)NCC1CC1. The first-order valence-electron chi connectivity index (χ1n) is 5.51. The maximum atomic E-state index is 11.4. The third-order valence-electron chi connectivity index (χ3n) is 2.60. The van der Waals surface area contributed by atoms with E-state index in [4.69, 9.17) is 11.6 Å². The van der Waals surface area contributed by atoms with Gasteiger partial charge >= 0.3 is 0 Å². The number of hydrogen-bond acceptors (Lipinski definition) is 2. The fraction of sp³-hybridized carbons (Fsp3) is 0.417. The third kappa shape index (κ3) is 3.42. The van der Waals surface area contributed by atoms with Crippen LogP contribution in [-0.4, -0.2) is 19.0 Å². The van der Waals surface area contributed by atoms with E-state index in [1.165, 1.54) is 12.8 Å². The lowest BCUT2D eigenvalue weighted by molar-refractivity contribution is -0.119. The second-order valence-electron chi connectivity index (χ2n) is 4.08. The zero-order chi connectivity index (χ0) is 11.4. The Morgan fingerprint density at radius 3 is 2.81 bits per heavy atom. The zero-order valence-corrected chi connectivity index (χ0v) is 9.76. The molecule has 1 aliphatic carbocycles. The van der Waals surface area contributed by atoms with E-state index in [9.17, 15) is 4.79 Å². The van der Waals surface area contributed by atoms with Crippen molar-refractivity contribution >= 4 is 23.2 Å². The molecule has 0 saturated heterocycles. The Kier molecular flexibility index (Phi) is 3.67. The van der Waals surface area contributed by atoms with Crippen LogP contribution in [0.1, 0.15) is 12.8 Å². The summed E-state index contributed by atoms with van der Waals surface area (Å²) in [6, 6.07) is 7.40. The number of anilines is 1. The third-order valence-corrected chi connectivity index (χ3v) is 2.93. The number of carbonyl (C=O) groups excluding carboxylic acids is 1. The quantitative estimate of drug-likeness (QED) is 0.827. The lowest BCUT2D eigenvalue weighted by atomic mass is 10.3. The van der Waals surface area contributed by atoms with Crippen LogP contribution in [0.2, 0.25) is 5.02 Å². The normalized spacial score (nSPS) is 14.6. The average molecular weight is 239 g/mol. The van der Waals surface area contributed by atoms with E-state index in [-0.39, 0.29) is 12.5 Å². The van der Waals surface area contributed by atoms with Crippen LogP contribution in [0.25, 0.3) is 0 Å². The van der Waals surface area contributed by atoms with Crippen molar-refractivity contribution in [2.45, 2.75) is 12.8 Å². The Hall–Kier alpha value is -1.22. The van der Waals surface area contributed by atoms with Crippen molar-refractivity contribution in [3.8, 4) is 0 Å². The second kappa shape index (κ2) is 5.21. The van der Waals surface area contributed by atoms with E-state index < -0.39 is 0 Å². The van der Waals surface area contributed by atoms with E-state index in [2.05, 4.69) is 10.6 Å². The summed E-state index contributed by atoms with van der Waals surface area (Å²) in [5.74, 6) is 0.732. The van der Waals surface area contributed by atoms with Gasteiger partial charge in [-0.15, -0.1) is 0 Å². The molecule has 86 valence electrons. The predicted octanol–water partition coefficient (Wildman–Crippen LogP) is 2.28. The Labute approximate surface area is 100 Å². The van der Waals surface area contributed by atoms with Gasteiger partial charge in [0.25, 0.3) is 0 Å². The van der Waals surface area contributed by atoms with Gasteiger partial charge in [-0.2, -0.15) is 0 Å². The summed E-state index contributed by atoms with van der Waals surface area (Å²) in [5.41, 5.74) is 0.797. The molecule has 1 aromatic carbocycles. The van der Waals surface area contributed by atoms with Gasteiger partial charge in [-0.3, -0.25) is 4.79 Å². The van der Waals surface area contributed by atoms with Gasteiger partial charge in [0.2, 0.25) is 5.91 Å². The van der Waals surface area contributed by atoms with Crippen LogP contribution in [-0.2, 0) is 4.79 Å². The van der Waals surface area contributed by atoms with Crippen molar-refractivity contribution in [2.24, 2.45) is 5.92 Å². The molecule has 4 heteroatoms. The molecule has 1 amide bonds. The molecule has 0 bridgehead atoms. The highest BCUT2D eigenvalue weighted by Gasteiger charge is 2.21. The van der Waals surface area contributed by atoms with Gasteiger partial charge in [-0.05, 0) is 30.9 Å². The van der Waals surface area contributed by atoms with E-state index >= 15 is 0 Å². The zero-order valence-electron chi connectivity index (χ0n) is 9.00. The lowest BCUT2D eigenvalue weighted by Crippen LogP contribution is -2.31. The largest absolute Gasteiger partial charge is 0.375 e. The molecular formula is C12H15ClN2O. The fourth-order valence-electron chi connectivity index (χ4n) is 1.42. The topological polar surface area (TPSA) is 41.1 Å². The van der Waals surface area contributed by atoms with Gasteiger partial charge in [-0.25, -0.2) is 0 Å². The molecule has 0 radical (unpaired) electrons. The molecule has 0 aromatic heterocycles. The van der Waals surface area contributed by atoms with Crippen LogP contribution in [0.5, 0.6) is 0 Å². The lowest BCUT2D eigenvalue weighted by Gasteiger charge is -2.08. The van der Waals surface area contributed by atoms with Crippen LogP contribution >= 0.6 is 11.6 Å². The minimum atomic E-state index is 0.0202.